The zero-order valence-electron chi connectivity index (χ0n) is 12.6. The van der Waals surface area contributed by atoms with Gasteiger partial charge in [-0.25, -0.2) is 4.79 Å². The summed E-state index contributed by atoms with van der Waals surface area (Å²) >= 11 is 0. The van der Waals surface area contributed by atoms with Gasteiger partial charge >= 0.3 is 12.0 Å². The van der Waals surface area contributed by atoms with E-state index < -0.39 is 24.0 Å². The standard InChI is InChI=1S/C13H23N3O5/c1-8(11(17)14-5-7-21-3)15-13(20)16-6-4-10(9(16)2)12(18)19/h8-10H,4-7H2,1-3H3,(H,14,17)(H,15,20)(H,18,19). The third kappa shape index (κ3) is 4.59. The van der Waals surface area contributed by atoms with Crippen molar-refractivity contribution >= 4 is 17.9 Å². The number of hydrogen-bond donors (Lipinski definition) is 3. The highest BCUT2D eigenvalue weighted by atomic mass is 16.5. The van der Waals surface area contributed by atoms with E-state index in [4.69, 9.17) is 9.84 Å². The van der Waals surface area contributed by atoms with Gasteiger partial charge in [0.25, 0.3) is 0 Å². The van der Waals surface area contributed by atoms with Crippen molar-refractivity contribution in [1.82, 2.24) is 15.5 Å². The van der Waals surface area contributed by atoms with E-state index >= 15 is 0 Å². The second-order valence-electron chi connectivity index (χ2n) is 5.12. The van der Waals surface area contributed by atoms with Crippen molar-refractivity contribution in [3.05, 3.63) is 0 Å². The molecule has 1 aliphatic rings. The second kappa shape index (κ2) is 7.82. The first-order valence-electron chi connectivity index (χ1n) is 6.95. The summed E-state index contributed by atoms with van der Waals surface area (Å²) in [7, 11) is 1.53. The predicted octanol–water partition coefficient (Wildman–Crippen LogP) is -0.358. The number of amides is 3. The van der Waals surface area contributed by atoms with Gasteiger partial charge in [-0.3, -0.25) is 9.59 Å². The lowest BCUT2D eigenvalue weighted by Crippen LogP contribution is -2.51. The molecule has 0 spiro atoms. The molecule has 0 aromatic rings. The van der Waals surface area contributed by atoms with E-state index in [9.17, 15) is 14.4 Å². The van der Waals surface area contributed by atoms with Gasteiger partial charge in [0.05, 0.1) is 12.5 Å². The molecular weight excluding hydrogens is 278 g/mol. The topological polar surface area (TPSA) is 108 Å². The SMILES string of the molecule is COCCNC(=O)C(C)NC(=O)N1CCC(C(=O)O)C1C. The van der Waals surface area contributed by atoms with Gasteiger partial charge < -0.3 is 25.4 Å². The van der Waals surface area contributed by atoms with Gasteiger partial charge in [0.1, 0.15) is 6.04 Å². The Hall–Kier alpha value is -1.83. The first-order valence-corrected chi connectivity index (χ1v) is 6.95. The van der Waals surface area contributed by atoms with Crippen molar-refractivity contribution in [3.63, 3.8) is 0 Å². The maximum Gasteiger partial charge on any atom is 0.318 e. The summed E-state index contributed by atoms with van der Waals surface area (Å²) in [6.07, 6.45) is 0.429. The molecule has 0 bridgehead atoms. The van der Waals surface area contributed by atoms with E-state index in [1.165, 1.54) is 12.0 Å². The molecule has 1 heterocycles. The number of carboxylic acids is 1. The molecule has 120 valence electrons. The monoisotopic (exact) mass is 301 g/mol. The summed E-state index contributed by atoms with van der Waals surface area (Å²) < 4.78 is 4.82. The number of carbonyl (C=O) groups is 3. The van der Waals surface area contributed by atoms with Crippen molar-refractivity contribution in [1.29, 1.82) is 0 Å². The lowest BCUT2D eigenvalue weighted by atomic mass is 10.0. The number of ether oxygens (including phenoxy) is 1. The molecule has 8 heteroatoms. The van der Waals surface area contributed by atoms with Crippen LogP contribution >= 0.6 is 0 Å². The molecular formula is C13H23N3O5. The van der Waals surface area contributed by atoms with Crippen LogP contribution in [0.25, 0.3) is 0 Å². The van der Waals surface area contributed by atoms with Gasteiger partial charge in [0.15, 0.2) is 0 Å². The molecule has 0 radical (unpaired) electrons. The minimum Gasteiger partial charge on any atom is -0.481 e. The maximum atomic E-state index is 12.1. The molecule has 3 unspecified atom stereocenters. The van der Waals surface area contributed by atoms with E-state index in [-0.39, 0.29) is 11.9 Å². The Labute approximate surface area is 123 Å². The fraction of sp³-hybridized carbons (Fsp3) is 0.769. The van der Waals surface area contributed by atoms with Gasteiger partial charge in [0.2, 0.25) is 5.91 Å². The Balaban J connectivity index is 2.46. The Morgan fingerprint density at radius 1 is 1.43 bits per heavy atom. The third-order valence-corrected chi connectivity index (χ3v) is 3.67. The molecule has 3 atom stereocenters. The minimum atomic E-state index is -0.900. The molecule has 1 fully saturated rings. The van der Waals surface area contributed by atoms with E-state index in [1.54, 1.807) is 13.8 Å². The van der Waals surface area contributed by atoms with Gasteiger partial charge in [-0.05, 0) is 20.3 Å². The van der Waals surface area contributed by atoms with Crippen molar-refractivity contribution in [2.24, 2.45) is 5.92 Å². The van der Waals surface area contributed by atoms with E-state index in [0.717, 1.165) is 0 Å². The summed E-state index contributed by atoms with van der Waals surface area (Å²) in [6.45, 7) is 4.43. The number of carbonyl (C=O) groups excluding carboxylic acids is 2. The van der Waals surface area contributed by atoms with Crippen LogP contribution in [-0.4, -0.2) is 66.8 Å². The second-order valence-corrected chi connectivity index (χ2v) is 5.12. The molecule has 21 heavy (non-hydrogen) atoms. The summed E-state index contributed by atoms with van der Waals surface area (Å²) in [5, 5.41) is 14.2. The van der Waals surface area contributed by atoms with Crippen LogP contribution in [0.3, 0.4) is 0 Å². The Morgan fingerprint density at radius 3 is 2.62 bits per heavy atom. The number of nitrogens with one attached hydrogen (secondary N) is 2. The maximum absolute atomic E-state index is 12.1. The van der Waals surface area contributed by atoms with E-state index in [2.05, 4.69) is 10.6 Å². The summed E-state index contributed by atoms with van der Waals surface area (Å²) in [5.74, 6) is -1.76. The van der Waals surface area contributed by atoms with Crippen molar-refractivity contribution in [2.75, 3.05) is 26.8 Å². The van der Waals surface area contributed by atoms with Crippen LogP contribution in [0.2, 0.25) is 0 Å². The number of hydrogen-bond acceptors (Lipinski definition) is 4. The lowest BCUT2D eigenvalue weighted by Gasteiger charge is -2.25. The van der Waals surface area contributed by atoms with Crippen LogP contribution in [0.15, 0.2) is 0 Å². The van der Waals surface area contributed by atoms with Gasteiger partial charge in [-0.2, -0.15) is 0 Å². The van der Waals surface area contributed by atoms with Gasteiger partial charge in [-0.1, -0.05) is 0 Å². The van der Waals surface area contributed by atoms with Crippen LogP contribution in [-0.2, 0) is 14.3 Å². The normalized spacial score (nSPS) is 22.7. The quantitative estimate of drug-likeness (QED) is 0.581. The number of likely N-dealkylation sites (tertiary alicyclic amines) is 1. The van der Waals surface area contributed by atoms with Crippen LogP contribution in [0.5, 0.6) is 0 Å². The van der Waals surface area contributed by atoms with Crippen LogP contribution < -0.4 is 10.6 Å². The highest BCUT2D eigenvalue weighted by Gasteiger charge is 2.38. The van der Waals surface area contributed by atoms with Crippen molar-refractivity contribution < 1.29 is 24.2 Å². The molecule has 0 aromatic carbocycles. The highest BCUT2D eigenvalue weighted by Crippen LogP contribution is 2.24. The third-order valence-electron chi connectivity index (χ3n) is 3.67. The van der Waals surface area contributed by atoms with E-state index in [1.807, 2.05) is 0 Å². The number of methoxy groups -OCH3 is 1. The average Bonchev–Trinajstić information content (AvgIpc) is 2.80. The fourth-order valence-electron chi connectivity index (χ4n) is 2.32. The lowest BCUT2D eigenvalue weighted by molar-refractivity contribution is -0.142. The Kier molecular flexibility index (Phi) is 6.41. The molecule has 0 aromatic heterocycles. The molecule has 1 rings (SSSR count). The minimum absolute atomic E-state index is 0.304. The zero-order chi connectivity index (χ0) is 16.0. The number of carboxylic acid groups (broad SMARTS) is 1. The van der Waals surface area contributed by atoms with Crippen LogP contribution in [0.4, 0.5) is 4.79 Å². The molecule has 3 amide bonds. The number of urea groups is 1. The van der Waals surface area contributed by atoms with Crippen molar-refractivity contribution in [2.45, 2.75) is 32.4 Å². The summed E-state index contributed by atoms with van der Waals surface area (Å²) in [5.41, 5.74) is 0. The smallest absolute Gasteiger partial charge is 0.318 e. The first kappa shape index (κ1) is 17.2. The van der Waals surface area contributed by atoms with Crippen molar-refractivity contribution in [3.8, 4) is 0 Å². The largest absolute Gasteiger partial charge is 0.481 e. The Bertz CT molecular complexity index is 401. The molecule has 1 aliphatic heterocycles. The fourth-order valence-corrected chi connectivity index (χ4v) is 2.32. The average molecular weight is 301 g/mol. The number of nitrogens with zero attached hydrogens (tertiary/aromatic N) is 1. The number of rotatable bonds is 6. The van der Waals surface area contributed by atoms with E-state index in [0.29, 0.717) is 26.1 Å². The molecule has 0 aliphatic carbocycles. The van der Waals surface area contributed by atoms with Gasteiger partial charge in [0, 0.05) is 26.2 Å². The Morgan fingerprint density at radius 2 is 2.10 bits per heavy atom. The van der Waals surface area contributed by atoms with Crippen LogP contribution in [0.1, 0.15) is 20.3 Å². The first-order chi connectivity index (χ1) is 9.88. The molecule has 3 N–H and O–H groups in total. The van der Waals surface area contributed by atoms with Gasteiger partial charge in [-0.15, -0.1) is 0 Å². The summed E-state index contributed by atoms with van der Waals surface area (Å²) in [4.78, 5) is 36.3. The predicted molar refractivity (Wildman–Crippen MR) is 74.8 cm³/mol. The highest BCUT2D eigenvalue weighted by molar-refractivity contribution is 5.87. The summed E-state index contributed by atoms with van der Waals surface area (Å²) in [6, 6.07) is -1.49. The molecule has 8 nitrogen and oxygen atoms in total. The zero-order valence-corrected chi connectivity index (χ0v) is 12.6. The molecule has 1 saturated heterocycles. The van der Waals surface area contributed by atoms with Crippen LogP contribution in [0, 0.1) is 5.92 Å². The molecule has 0 saturated carbocycles. The number of aliphatic carboxylic acids is 1.